The van der Waals surface area contributed by atoms with E-state index < -0.39 is 10.8 Å². The van der Waals surface area contributed by atoms with E-state index >= 15 is 0 Å². The first-order valence-corrected chi connectivity index (χ1v) is 5.60. The lowest BCUT2D eigenvalue weighted by Gasteiger charge is -1.93. The summed E-state index contributed by atoms with van der Waals surface area (Å²) in [5.41, 5.74) is 0. The summed E-state index contributed by atoms with van der Waals surface area (Å²) < 4.78 is 16.8. The summed E-state index contributed by atoms with van der Waals surface area (Å²) in [6, 6.07) is 7.12. The molecule has 0 radical (unpaired) electrons. The van der Waals surface area contributed by atoms with Crippen LogP contribution in [0.2, 0.25) is 0 Å². The van der Waals surface area contributed by atoms with E-state index in [0.717, 1.165) is 0 Å². The zero-order chi connectivity index (χ0) is 10.5. The van der Waals surface area contributed by atoms with Crippen LogP contribution in [0.3, 0.4) is 0 Å². The van der Waals surface area contributed by atoms with E-state index in [-0.39, 0.29) is 0 Å². The van der Waals surface area contributed by atoms with Gasteiger partial charge in [0, 0.05) is 17.8 Å². The standard InChI is InChI=1S/C11H9NO2S/c13-15(11-4-1-6-12-9-11)8-5-10-3-2-7-14-10/h1-9H/b8-5-. The second-order valence-corrected chi connectivity index (χ2v) is 4.14. The van der Waals surface area contributed by atoms with Crippen molar-refractivity contribution in [2.75, 3.05) is 0 Å². The van der Waals surface area contributed by atoms with E-state index in [4.69, 9.17) is 4.42 Å². The number of nitrogens with zero attached hydrogens (tertiary/aromatic N) is 1. The Morgan fingerprint density at radius 3 is 2.93 bits per heavy atom. The van der Waals surface area contributed by atoms with E-state index in [1.165, 1.54) is 0 Å². The Labute approximate surface area is 89.9 Å². The van der Waals surface area contributed by atoms with Crippen molar-refractivity contribution in [3.63, 3.8) is 0 Å². The predicted octanol–water partition coefficient (Wildman–Crippen LogP) is 2.45. The van der Waals surface area contributed by atoms with Crippen LogP contribution in [0, 0.1) is 0 Å². The molecule has 0 fully saturated rings. The lowest BCUT2D eigenvalue weighted by molar-refractivity contribution is 0.557. The molecular formula is C11H9NO2S. The Morgan fingerprint density at radius 1 is 1.33 bits per heavy atom. The van der Waals surface area contributed by atoms with Crippen LogP contribution in [0.1, 0.15) is 5.76 Å². The summed E-state index contributed by atoms with van der Waals surface area (Å²) in [5, 5.41) is 1.58. The van der Waals surface area contributed by atoms with E-state index in [2.05, 4.69) is 4.98 Å². The minimum Gasteiger partial charge on any atom is -0.465 e. The maximum atomic E-state index is 11.7. The van der Waals surface area contributed by atoms with Crippen LogP contribution in [0.4, 0.5) is 0 Å². The van der Waals surface area contributed by atoms with Crippen molar-refractivity contribution in [2.24, 2.45) is 0 Å². The highest BCUT2D eigenvalue weighted by molar-refractivity contribution is 7.88. The van der Waals surface area contributed by atoms with Gasteiger partial charge < -0.3 is 4.42 Å². The largest absolute Gasteiger partial charge is 0.465 e. The van der Waals surface area contributed by atoms with Crippen LogP contribution in [0.5, 0.6) is 0 Å². The van der Waals surface area contributed by atoms with Crippen LogP contribution in [-0.4, -0.2) is 9.19 Å². The van der Waals surface area contributed by atoms with Crippen molar-refractivity contribution >= 4 is 16.9 Å². The minimum atomic E-state index is -1.17. The van der Waals surface area contributed by atoms with Gasteiger partial charge in [-0.15, -0.1) is 0 Å². The molecule has 0 bridgehead atoms. The molecule has 2 heterocycles. The number of hydrogen-bond donors (Lipinski definition) is 0. The molecule has 2 aromatic rings. The summed E-state index contributed by atoms with van der Waals surface area (Å²) in [5.74, 6) is 0.687. The van der Waals surface area contributed by atoms with E-state index in [1.54, 1.807) is 54.4 Å². The fraction of sp³-hybridized carbons (Fsp3) is 0. The van der Waals surface area contributed by atoms with Crippen LogP contribution in [0.25, 0.3) is 6.08 Å². The molecule has 4 heteroatoms. The molecule has 1 unspecified atom stereocenters. The van der Waals surface area contributed by atoms with Gasteiger partial charge in [-0.05, 0) is 30.3 Å². The summed E-state index contributed by atoms with van der Waals surface area (Å²) in [7, 11) is -1.17. The average Bonchev–Trinajstić information content (AvgIpc) is 2.80. The fourth-order valence-corrected chi connectivity index (χ4v) is 1.85. The van der Waals surface area contributed by atoms with Gasteiger partial charge in [-0.2, -0.15) is 0 Å². The molecule has 2 rings (SSSR count). The van der Waals surface area contributed by atoms with Gasteiger partial charge in [0.2, 0.25) is 0 Å². The molecule has 3 nitrogen and oxygen atoms in total. The molecule has 0 saturated carbocycles. The number of aromatic nitrogens is 1. The third kappa shape index (κ3) is 2.63. The second kappa shape index (κ2) is 4.70. The average molecular weight is 219 g/mol. The first-order valence-electron chi connectivity index (χ1n) is 4.38. The van der Waals surface area contributed by atoms with Crippen molar-refractivity contribution in [3.8, 4) is 0 Å². The Hall–Kier alpha value is -1.68. The van der Waals surface area contributed by atoms with E-state index in [9.17, 15) is 4.21 Å². The number of hydrogen-bond acceptors (Lipinski definition) is 3. The molecule has 0 aliphatic rings. The zero-order valence-electron chi connectivity index (χ0n) is 7.87. The quantitative estimate of drug-likeness (QED) is 0.796. The second-order valence-electron chi connectivity index (χ2n) is 2.80. The van der Waals surface area contributed by atoms with Gasteiger partial charge in [0.05, 0.1) is 22.0 Å². The van der Waals surface area contributed by atoms with Crippen LogP contribution >= 0.6 is 0 Å². The van der Waals surface area contributed by atoms with E-state index in [1.807, 2.05) is 0 Å². The Kier molecular flexibility index (Phi) is 3.09. The SMILES string of the molecule is O=S(/C=C\c1ccco1)c1cccnc1. The maximum Gasteiger partial charge on any atom is 0.127 e. The molecule has 0 aliphatic heterocycles. The third-order valence-electron chi connectivity index (χ3n) is 1.77. The van der Waals surface area contributed by atoms with Crippen LogP contribution in [-0.2, 0) is 10.8 Å². The summed E-state index contributed by atoms with van der Waals surface area (Å²) in [6.07, 6.45) is 6.50. The molecule has 0 N–H and O–H groups in total. The topological polar surface area (TPSA) is 43.1 Å². The first kappa shape index (κ1) is 9.86. The number of pyridine rings is 1. The van der Waals surface area contributed by atoms with Gasteiger partial charge in [0.1, 0.15) is 5.76 Å². The highest BCUT2D eigenvalue weighted by Gasteiger charge is 1.98. The van der Waals surface area contributed by atoms with Crippen molar-refractivity contribution < 1.29 is 8.63 Å². The minimum absolute atomic E-state index is 0.681. The first-order chi connectivity index (χ1) is 7.36. The molecule has 2 aromatic heterocycles. The summed E-state index contributed by atoms with van der Waals surface area (Å²) in [6.45, 7) is 0. The van der Waals surface area contributed by atoms with Crippen molar-refractivity contribution in [2.45, 2.75) is 4.90 Å². The maximum absolute atomic E-state index is 11.7. The number of rotatable bonds is 3. The smallest absolute Gasteiger partial charge is 0.127 e. The van der Waals surface area contributed by atoms with Gasteiger partial charge in [-0.25, -0.2) is 4.21 Å². The molecule has 0 saturated heterocycles. The van der Waals surface area contributed by atoms with Gasteiger partial charge >= 0.3 is 0 Å². The monoisotopic (exact) mass is 219 g/mol. The molecule has 0 aromatic carbocycles. The summed E-state index contributed by atoms with van der Waals surface area (Å²) in [4.78, 5) is 4.58. The van der Waals surface area contributed by atoms with Gasteiger partial charge in [0.15, 0.2) is 0 Å². The highest BCUT2D eigenvalue weighted by atomic mass is 32.2. The van der Waals surface area contributed by atoms with Crippen LogP contribution in [0.15, 0.2) is 57.6 Å². The predicted molar refractivity (Wildman–Crippen MR) is 58.4 cm³/mol. The van der Waals surface area contributed by atoms with E-state index in [0.29, 0.717) is 10.7 Å². The normalized spacial score (nSPS) is 13.1. The van der Waals surface area contributed by atoms with Gasteiger partial charge in [-0.3, -0.25) is 4.98 Å². The Morgan fingerprint density at radius 2 is 2.27 bits per heavy atom. The lowest BCUT2D eigenvalue weighted by atomic mass is 10.5. The Balaban J connectivity index is 2.11. The molecule has 0 amide bonds. The Bertz CT molecular complexity index is 463. The number of furan rings is 1. The van der Waals surface area contributed by atoms with Crippen molar-refractivity contribution in [3.05, 3.63) is 54.1 Å². The summed E-state index contributed by atoms with van der Waals surface area (Å²) >= 11 is 0. The molecule has 0 spiro atoms. The van der Waals surface area contributed by atoms with Gasteiger partial charge in [-0.1, -0.05) is 0 Å². The fourth-order valence-electron chi connectivity index (χ4n) is 1.06. The van der Waals surface area contributed by atoms with Crippen molar-refractivity contribution in [1.29, 1.82) is 0 Å². The lowest BCUT2D eigenvalue weighted by Crippen LogP contribution is -1.86. The highest BCUT2D eigenvalue weighted by Crippen LogP contribution is 2.08. The third-order valence-corrected chi connectivity index (χ3v) is 2.86. The molecule has 1 atom stereocenters. The molecular weight excluding hydrogens is 210 g/mol. The molecule has 76 valence electrons. The molecule has 0 aliphatic carbocycles. The van der Waals surface area contributed by atoms with Gasteiger partial charge in [0.25, 0.3) is 0 Å². The van der Waals surface area contributed by atoms with Crippen LogP contribution < -0.4 is 0 Å². The zero-order valence-corrected chi connectivity index (χ0v) is 8.68. The molecule has 15 heavy (non-hydrogen) atoms. The van der Waals surface area contributed by atoms with Crippen molar-refractivity contribution in [1.82, 2.24) is 4.98 Å².